The van der Waals surface area contributed by atoms with E-state index in [0.29, 0.717) is 0 Å². The molecule has 3 rings (SSSR count). The molecular weight excluding hydrogens is 450 g/mol. The summed E-state index contributed by atoms with van der Waals surface area (Å²) in [6.07, 6.45) is -3.71. The van der Waals surface area contributed by atoms with Gasteiger partial charge < -0.3 is 24.6 Å². The quantitative estimate of drug-likeness (QED) is 0.490. The molecule has 1 aliphatic rings. The number of aliphatic hydroxyl groups is 1. The third-order valence-corrected chi connectivity index (χ3v) is 5.57. The van der Waals surface area contributed by atoms with Crippen LogP contribution in [0.4, 0.5) is 0 Å². The molecule has 0 aromatic heterocycles. The van der Waals surface area contributed by atoms with E-state index < -0.39 is 46.7 Å². The fourth-order valence-electron chi connectivity index (χ4n) is 3.59. The second-order valence-electron chi connectivity index (χ2n) is 7.82. The molecule has 2 aromatic rings. The zero-order valence-electron chi connectivity index (χ0n) is 18.5. The van der Waals surface area contributed by atoms with Crippen LogP contribution in [0.3, 0.4) is 0 Å². The topological polar surface area (TPSA) is 120 Å². The lowest BCUT2D eigenvalue weighted by atomic mass is 9.96. The Morgan fingerprint density at radius 2 is 1.58 bits per heavy atom. The number of hydrogen-bond donors (Lipinski definition) is 2. The zero-order chi connectivity index (χ0) is 23.8. The SMILES string of the molecule is CC(=O)N[C@@H]1[C@@H](OCc2ccccc2)[C@H](OS(C)(=O)=O)[C@@H](COCc2ccccc2)O[C@@H]1O. The lowest BCUT2D eigenvalue weighted by molar-refractivity contribution is -0.261. The van der Waals surface area contributed by atoms with E-state index in [-0.39, 0.29) is 19.8 Å². The molecule has 1 saturated heterocycles. The molecule has 1 aliphatic heterocycles. The molecule has 2 aromatic carbocycles. The number of rotatable bonds is 10. The summed E-state index contributed by atoms with van der Waals surface area (Å²) in [6.45, 7) is 1.58. The molecule has 33 heavy (non-hydrogen) atoms. The lowest BCUT2D eigenvalue weighted by Crippen LogP contribution is -2.65. The first-order valence-corrected chi connectivity index (χ1v) is 12.3. The average Bonchev–Trinajstić information content (AvgIpc) is 2.76. The smallest absolute Gasteiger partial charge is 0.264 e. The maximum atomic E-state index is 12.0. The van der Waals surface area contributed by atoms with Crippen molar-refractivity contribution in [1.29, 1.82) is 0 Å². The predicted octanol–water partition coefficient (Wildman–Crippen LogP) is 1.36. The average molecular weight is 480 g/mol. The van der Waals surface area contributed by atoms with Gasteiger partial charge in [-0.05, 0) is 11.1 Å². The Morgan fingerprint density at radius 3 is 2.12 bits per heavy atom. The van der Waals surface area contributed by atoms with Crippen LogP contribution in [0, 0.1) is 0 Å². The van der Waals surface area contributed by atoms with Crippen molar-refractivity contribution in [2.24, 2.45) is 0 Å². The molecule has 2 N–H and O–H groups in total. The van der Waals surface area contributed by atoms with Crippen LogP contribution in [0.25, 0.3) is 0 Å². The number of nitrogens with one attached hydrogen (secondary N) is 1. The first-order valence-electron chi connectivity index (χ1n) is 10.5. The maximum Gasteiger partial charge on any atom is 0.264 e. The normalized spacial score (nSPS) is 25.5. The fourth-order valence-corrected chi connectivity index (χ4v) is 4.23. The molecule has 0 bridgehead atoms. The van der Waals surface area contributed by atoms with Crippen LogP contribution in [-0.2, 0) is 46.5 Å². The van der Waals surface area contributed by atoms with Gasteiger partial charge >= 0.3 is 0 Å². The number of hydrogen-bond acceptors (Lipinski definition) is 8. The van der Waals surface area contributed by atoms with Crippen molar-refractivity contribution in [3.8, 4) is 0 Å². The standard InChI is InChI=1S/C23H29NO8S/c1-16(25)24-20-22(30-14-18-11-7-4-8-12-18)21(32-33(2,27)28)19(31-23(20)26)15-29-13-17-9-5-3-6-10-17/h3-12,19-23,26H,13-15H2,1-2H3,(H,24,25)/t19-,20-,21-,22-,23+/m1/s1. The molecule has 0 radical (unpaired) electrons. The van der Waals surface area contributed by atoms with Crippen molar-refractivity contribution < 1.29 is 36.7 Å². The van der Waals surface area contributed by atoms with Gasteiger partial charge in [0.25, 0.3) is 10.1 Å². The highest BCUT2D eigenvalue weighted by Gasteiger charge is 2.49. The highest BCUT2D eigenvalue weighted by atomic mass is 32.2. The monoisotopic (exact) mass is 479 g/mol. The van der Waals surface area contributed by atoms with E-state index in [9.17, 15) is 18.3 Å². The third-order valence-electron chi connectivity index (χ3n) is 5.00. The Balaban J connectivity index is 1.81. The molecule has 10 heteroatoms. The van der Waals surface area contributed by atoms with Gasteiger partial charge in [-0.1, -0.05) is 60.7 Å². The van der Waals surface area contributed by atoms with Crippen molar-refractivity contribution >= 4 is 16.0 Å². The summed E-state index contributed by atoms with van der Waals surface area (Å²) in [5.74, 6) is -0.437. The van der Waals surface area contributed by atoms with Gasteiger partial charge in [-0.15, -0.1) is 0 Å². The van der Waals surface area contributed by atoms with Crippen LogP contribution < -0.4 is 5.32 Å². The zero-order valence-corrected chi connectivity index (χ0v) is 19.3. The number of carbonyl (C=O) groups is 1. The van der Waals surface area contributed by atoms with Gasteiger partial charge in [0.1, 0.15) is 24.4 Å². The molecule has 0 unspecified atom stereocenters. The van der Waals surface area contributed by atoms with Crippen LogP contribution >= 0.6 is 0 Å². The van der Waals surface area contributed by atoms with E-state index in [2.05, 4.69) is 5.32 Å². The van der Waals surface area contributed by atoms with Gasteiger partial charge in [-0.25, -0.2) is 0 Å². The Bertz CT molecular complexity index is 986. The van der Waals surface area contributed by atoms with Crippen molar-refractivity contribution in [1.82, 2.24) is 5.32 Å². The van der Waals surface area contributed by atoms with Gasteiger partial charge in [0.15, 0.2) is 6.29 Å². The molecule has 5 atom stereocenters. The van der Waals surface area contributed by atoms with E-state index in [0.717, 1.165) is 17.4 Å². The van der Waals surface area contributed by atoms with Crippen molar-refractivity contribution in [2.75, 3.05) is 12.9 Å². The number of amides is 1. The molecule has 1 fully saturated rings. The van der Waals surface area contributed by atoms with Crippen LogP contribution in [0.1, 0.15) is 18.1 Å². The van der Waals surface area contributed by atoms with E-state index in [1.165, 1.54) is 6.92 Å². The molecule has 9 nitrogen and oxygen atoms in total. The summed E-state index contributed by atoms with van der Waals surface area (Å²) in [7, 11) is -3.93. The highest BCUT2D eigenvalue weighted by molar-refractivity contribution is 7.86. The van der Waals surface area contributed by atoms with Crippen LogP contribution in [0.2, 0.25) is 0 Å². The molecule has 1 amide bonds. The number of ether oxygens (including phenoxy) is 3. The Hall–Kier alpha value is -2.34. The second-order valence-corrected chi connectivity index (χ2v) is 9.42. The van der Waals surface area contributed by atoms with Crippen molar-refractivity contribution in [2.45, 2.75) is 50.8 Å². The molecule has 0 aliphatic carbocycles. The summed E-state index contributed by atoms with van der Waals surface area (Å²) < 4.78 is 46.8. The summed E-state index contributed by atoms with van der Waals surface area (Å²) >= 11 is 0. The van der Waals surface area contributed by atoms with Crippen LogP contribution in [-0.4, -0.2) is 62.9 Å². The molecule has 180 valence electrons. The highest BCUT2D eigenvalue weighted by Crippen LogP contribution is 2.28. The molecule has 0 saturated carbocycles. The lowest BCUT2D eigenvalue weighted by Gasteiger charge is -2.44. The van der Waals surface area contributed by atoms with Crippen LogP contribution in [0.5, 0.6) is 0 Å². The van der Waals surface area contributed by atoms with Gasteiger partial charge in [0.2, 0.25) is 5.91 Å². The number of benzene rings is 2. The Kier molecular flexibility index (Phi) is 8.95. The molecule has 1 heterocycles. The number of aliphatic hydroxyl groups excluding tert-OH is 1. The van der Waals surface area contributed by atoms with E-state index in [1.54, 1.807) is 0 Å². The second kappa shape index (κ2) is 11.7. The van der Waals surface area contributed by atoms with E-state index >= 15 is 0 Å². The van der Waals surface area contributed by atoms with Gasteiger partial charge in [0, 0.05) is 6.92 Å². The Labute approximate surface area is 193 Å². The summed E-state index contributed by atoms with van der Waals surface area (Å²) in [5.41, 5.74) is 1.75. The third kappa shape index (κ3) is 7.88. The first kappa shape index (κ1) is 25.3. The minimum atomic E-state index is -3.93. The molecule has 0 spiro atoms. The summed E-state index contributed by atoms with van der Waals surface area (Å²) in [6, 6.07) is 17.6. The van der Waals surface area contributed by atoms with E-state index in [4.69, 9.17) is 18.4 Å². The van der Waals surface area contributed by atoms with Crippen molar-refractivity contribution in [3.05, 3.63) is 71.8 Å². The summed E-state index contributed by atoms with van der Waals surface area (Å²) in [5, 5.41) is 13.2. The minimum absolute atomic E-state index is 0.0653. The van der Waals surface area contributed by atoms with Gasteiger partial charge in [-0.3, -0.25) is 8.98 Å². The minimum Gasteiger partial charge on any atom is -0.374 e. The van der Waals surface area contributed by atoms with Gasteiger partial charge in [-0.2, -0.15) is 8.42 Å². The van der Waals surface area contributed by atoms with E-state index in [1.807, 2.05) is 60.7 Å². The molecular formula is C23H29NO8S. The van der Waals surface area contributed by atoms with Crippen LogP contribution in [0.15, 0.2) is 60.7 Å². The summed E-state index contributed by atoms with van der Waals surface area (Å²) in [4.78, 5) is 11.8. The largest absolute Gasteiger partial charge is 0.374 e. The van der Waals surface area contributed by atoms with Gasteiger partial charge in [0.05, 0.1) is 26.1 Å². The predicted molar refractivity (Wildman–Crippen MR) is 119 cm³/mol. The number of carbonyl (C=O) groups excluding carboxylic acids is 1. The van der Waals surface area contributed by atoms with Crippen molar-refractivity contribution in [3.63, 3.8) is 0 Å². The first-order chi connectivity index (χ1) is 15.7. The maximum absolute atomic E-state index is 12.0. The fraction of sp³-hybridized carbons (Fsp3) is 0.435. The Morgan fingerprint density at radius 1 is 1.00 bits per heavy atom.